The van der Waals surface area contributed by atoms with Crippen LogP contribution in [0.1, 0.15) is 53.5 Å². The normalized spacial score (nSPS) is 27.3. The minimum atomic E-state index is -0.716. The lowest BCUT2D eigenvalue weighted by Crippen LogP contribution is -2.31. The quantitative estimate of drug-likeness (QED) is 0.434. The number of hydrogen-bond donors (Lipinski definition) is 2. The van der Waals surface area contributed by atoms with Crippen LogP contribution in [0.2, 0.25) is 0 Å². The number of hydrogen-bond acceptors (Lipinski definition) is 10. The van der Waals surface area contributed by atoms with E-state index in [9.17, 15) is 5.11 Å². The number of fused-ring (bicyclic) bond motifs is 2. The van der Waals surface area contributed by atoms with Gasteiger partial charge in [-0.2, -0.15) is 0 Å². The average Bonchev–Trinajstić information content (AvgIpc) is 3.35. The van der Waals surface area contributed by atoms with E-state index in [-0.39, 0.29) is 43.6 Å². The number of rotatable bonds is 9. The largest absolute Gasteiger partial charge is 0.394 e. The molecule has 1 aliphatic heterocycles. The predicted octanol–water partition coefficient (Wildman–Crippen LogP) is 2.39. The topological polar surface area (TPSA) is 116 Å². The van der Waals surface area contributed by atoms with Crippen molar-refractivity contribution in [2.75, 3.05) is 24.3 Å². The number of anilines is 1. The number of ether oxygens (including phenoxy) is 3. The first-order valence-corrected chi connectivity index (χ1v) is 11.9. The molecule has 31 heavy (non-hydrogen) atoms. The highest BCUT2D eigenvalue weighted by atomic mass is 32.2. The van der Waals surface area contributed by atoms with Gasteiger partial charge in [0, 0.05) is 18.2 Å². The van der Waals surface area contributed by atoms with Gasteiger partial charge in [0.15, 0.2) is 27.9 Å². The van der Waals surface area contributed by atoms with Gasteiger partial charge >= 0.3 is 0 Å². The Bertz CT molecular complexity index is 907. The van der Waals surface area contributed by atoms with E-state index in [1.54, 1.807) is 11.8 Å². The van der Waals surface area contributed by atoms with Crippen molar-refractivity contribution in [2.24, 2.45) is 0 Å². The van der Waals surface area contributed by atoms with E-state index in [0.717, 1.165) is 12.2 Å². The Kier molecular flexibility index (Phi) is 6.68. The minimum Gasteiger partial charge on any atom is -0.394 e. The van der Waals surface area contributed by atoms with Crippen LogP contribution in [-0.4, -0.2) is 79.2 Å². The van der Waals surface area contributed by atoms with Crippen LogP contribution in [0.3, 0.4) is 0 Å². The maximum absolute atomic E-state index is 9.21. The van der Waals surface area contributed by atoms with Crippen LogP contribution in [0.4, 0.5) is 5.82 Å². The first kappa shape index (κ1) is 22.7. The number of nitrogens with one attached hydrogen (secondary N) is 1. The van der Waals surface area contributed by atoms with Gasteiger partial charge < -0.3 is 24.6 Å². The van der Waals surface area contributed by atoms with Crippen molar-refractivity contribution >= 4 is 28.7 Å². The number of nitrogens with zero attached hydrogens (tertiary/aromatic N) is 5. The van der Waals surface area contributed by atoms with Crippen molar-refractivity contribution in [1.29, 1.82) is 0 Å². The van der Waals surface area contributed by atoms with E-state index >= 15 is 0 Å². The van der Waals surface area contributed by atoms with Crippen molar-refractivity contribution in [3.05, 3.63) is 0 Å². The first-order chi connectivity index (χ1) is 14.8. The van der Waals surface area contributed by atoms with Gasteiger partial charge in [-0.3, -0.25) is 0 Å². The molecule has 0 amide bonds. The molecule has 4 atom stereocenters. The lowest BCUT2D eigenvalue weighted by atomic mass is 10.2. The second kappa shape index (κ2) is 9.14. The van der Waals surface area contributed by atoms with Crippen LogP contribution in [0, 0.1) is 0 Å². The maximum Gasteiger partial charge on any atom is 0.191 e. The maximum atomic E-state index is 9.21. The van der Waals surface area contributed by atoms with Crippen LogP contribution >= 0.6 is 11.8 Å². The summed E-state index contributed by atoms with van der Waals surface area (Å²) in [5.41, 5.74) is 1.32. The number of aliphatic hydroxyl groups is 1. The molecular formula is C20H32N6O4S. The second-order valence-electron chi connectivity index (χ2n) is 8.71. The molecule has 172 valence electrons. The fourth-order valence-electron chi connectivity index (χ4n) is 4.18. The van der Waals surface area contributed by atoms with Gasteiger partial charge in [-0.25, -0.2) is 14.6 Å². The molecule has 1 saturated heterocycles. The molecule has 1 aliphatic carbocycles. The monoisotopic (exact) mass is 452 g/mol. The fourth-order valence-corrected chi connectivity index (χ4v) is 4.87. The molecule has 0 aromatic carbocycles. The zero-order valence-corrected chi connectivity index (χ0v) is 19.6. The average molecular weight is 453 g/mol. The third-order valence-corrected chi connectivity index (χ3v) is 6.34. The van der Waals surface area contributed by atoms with Gasteiger partial charge in [-0.15, -0.1) is 5.10 Å². The molecule has 0 spiro atoms. The highest BCUT2D eigenvalue weighted by Crippen LogP contribution is 2.45. The summed E-state index contributed by atoms with van der Waals surface area (Å²) in [6.07, 6.45) is 0.986. The molecule has 3 heterocycles. The van der Waals surface area contributed by atoms with Crippen LogP contribution in [-0.2, 0) is 14.2 Å². The Morgan fingerprint density at radius 1 is 1.29 bits per heavy atom. The van der Waals surface area contributed by atoms with Crippen molar-refractivity contribution in [3.63, 3.8) is 0 Å². The predicted molar refractivity (Wildman–Crippen MR) is 117 cm³/mol. The molecule has 4 rings (SSSR count). The lowest BCUT2D eigenvalue weighted by molar-refractivity contribution is -0.171. The summed E-state index contributed by atoms with van der Waals surface area (Å²) in [5, 5.41) is 22.2. The first-order valence-electron chi connectivity index (χ1n) is 10.9. The highest BCUT2D eigenvalue weighted by molar-refractivity contribution is 7.99. The molecular weight excluding hydrogens is 420 g/mol. The Hall–Kier alpha value is -1.53. The molecule has 2 aromatic rings. The van der Waals surface area contributed by atoms with E-state index in [2.05, 4.69) is 41.4 Å². The van der Waals surface area contributed by atoms with E-state index in [4.69, 9.17) is 19.2 Å². The highest BCUT2D eigenvalue weighted by Gasteiger charge is 2.56. The van der Waals surface area contributed by atoms with E-state index in [1.807, 2.05) is 18.5 Å². The lowest BCUT2D eigenvalue weighted by Gasteiger charge is -2.23. The summed E-state index contributed by atoms with van der Waals surface area (Å²) >= 11 is 1.62. The molecule has 2 aliphatic rings. The summed E-state index contributed by atoms with van der Waals surface area (Å²) in [5.74, 6) is 0.911. The molecule has 0 radical (unpaired) electrons. The minimum absolute atomic E-state index is 0.0372. The standard InChI is InChI=1S/C20H32N6O4S/c1-6-9-31-19-22-17(21-11(2)3)14-18(23-19)26(25-24-14)12-10-13(28-8-7-27)16-15(12)29-20(4,5)30-16/h11-13,15-16,27H,6-10H2,1-5H3,(H,21,22,23)/t12-,13+,15+,16-/m1/s1. The molecule has 1 saturated carbocycles. The summed E-state index contributed by atoms with van der Waals surface area (Å²) in [6, 6.07) is 0.0538. The van der Waals surface area contributed by atoms with Gasteiger partial charge in [0.1, 0.15) is 12.2 Å². The zero-order valence-electron chi connectivity index (χ0n) is 18.7. The SMILES string of the molecule is CCCSc1nc(NC(C)C)c2nnn([C@@H]3C[C@H](OCCO)[C@H]4OC(C)(C)O[C@H]43)c2n1. The van der Waals surface area contributed by atoms with Gasteiger partial charge in [0.05, 0.1) is 25.4 Å². The van der Waals surface area contributed by atoms with E-state index < -0.39 is 5.79 Å². The van der Waals surface area contributed by atoms with Crippen LogP contribution in [0.5, 0.6) is 0 Å². The number of aliphatic hydroxyl groups excluding tert-OH is 1. The van der Waals surface area contributed by atoms with Gasteiger partial charge in [-0.1, -0.05) is 23.9 Å². The Morgan fingerprint density at radius 2 is 2.06 bits per heavy atom. The van der Waals surface area contributed by atoms with Crippen LogP contribution in [0.15, 0.2) is 5.16 Å². The molecule has 2 aromatic heterocycles. The molecule has 11 heteroatoms. The molecule has 10 nitrogen and oxygen atoms in total. The summed E-state index contributed by atoms with van der Waals surface area (Å²) in [4.78, 5) is 9.48. The van der Waals surface area contributed by atoms with Gasteiger partial charge in [0.25, 0.3) is 0 Å². The summed E-state index contributed by atoms with van der Waals surface area (Å²) in [6.45, 7) is 10.3. The smallest absolute Gasteiger partial charge is 0.191 e. The number of aromatic nitrogens is 5. The third-order valence-electron chi connectivity index (χ3n) is 5.28. The summed E-state index contributed by atoms with van der Waals surface area (Å²) in [7, 11) is 0. The molecule has 2 fully saturated rings. The van der Waals surface area contributed by atoms with Crippen molar-refractivity contribution < 1.29 is 19.3 Å². The Morgan fingerprint density at radius 3 is 2.77 bits per heavy atom. The zero-order chi connectivity index (χ0) is 22.2. The van der Waals surface area contributed by atoms with E-state index in [0.29, 0.717) is 28.6 Å². The summed E-state index contributed by atoms with van der Waals surface area (Å²) < 4.78 is 20.1. The Labute approximate surface area is 186 Å². The number of thioether (sulfide) groups is 1. The Balaban J connectivity index is 1.72. The molecule has 2 N–H and O–H groups in total. The van der Waals surface area contributed by atoms with Crippen molar-refractivity contribution in [3.8, 4) is 0 Å². The van der Waals surface area contributed by atoms with Crippen molar-refractivity contribution in [2.45, 2.75) is 88.8 Å². The van der Waals surface area contributed by atoms with Crippen LogP contribution in [0.25, 0.3) is 11.2 Å². The second-order valence-corrected chi connectivity index (χ2v) is 9.77. The van der Waals surface area contributed by atoms with Crippen LogP contribution < -0.4 is 5.32 Å². The van der Waals surface area contributed by atoms with Crippen molar-refractivity contribution in [1.82, 2.24) is 25.0 Å². The van der Waals surface area contributed by atoms with Gasteiger partial charge in [-0.05, 0) is 34.1 Å². The van der Waals surface area contributed by atoms with Gasteiger partial charge in [0.2, 0.25) is 0 Å². The molecule has 0 unspecified atom stereocenters. The molecule has 0 bridgehead atoms. The fraction of sp³-hybridized carbons (Fsp3) is 0.800. The third kappa shape index (κ3) is 4.65. The van der Waals surface area contributed by atoms with E-state index in [1.165, 1.54) is 0 Å².